The first-order chi connectivity index (χ1) is 13.9. The molecule has 0 saturated carbocycles. The van der Waals surface area contributed by atoms with E-state index in [9.17, 15) is 9.59 Å². The van der Waals surface area contributed by atoms with Crippen molar-refractivity contribution in [2.45, 2.75) is 32.9 Å². The van der Waals surface area contributed by atoms with Crippen LogP contribution in [-0.2, 0) is 9.59 Å². The Balaban J connectivity index is 1.69. The molecule has 1 aromatic heterocycles. The van der Waals surface area contributed by atoms with E-state index in [1.165, 1.54) is 22.9 Å². The van der Waals surface area contributed by atoms with Crippen LogP contribution in [-0.4, -0.2) is 17.9 Å². The molecule has 0 fully saturated rings. The van der Waals surface area contributed by atoms with Crippen LogP contribution in [0.1, 0.15) is 35.9 Å². The smallest absolute Gasteiger partial charge is 0.282 e. The van der Waals surface area contributed by atoms with E-state index in [0.29, 0.717) is 11.4 Å². The van der Waals surface area contributed by atoms with Crippen molar-refractivity contribution in [3.8, 4) is 0 Å². The van der Waals surface area contributed by atoms with Crippen molar-refractivity contribution in [3.05, 3.63) is 82.0 Å². The summed E-state index contributed by atoms with van der Waals surface area (Å²) in [4.78, 5) is 25.1. The van der Waals surface area contributed by atoms with Crippen LogP contribution in [0.4, 0.5) is 11.4 Å². The molecule has 0 bridgehead atoms. The number of benzene rings is 2. The van der Waals surface area contributed by atoms with Gasteiger partial charge in [-0.1, -0.05) is 35.9 Å². The van der Waals surface area contributed by atoms with E-state index in [-0.39, 0.29) is 23.9 Å². The third kappa shape index (κ3) is 5.76. The zero-order chi connectivity index (χ0) is 20.8. The van der Waals surface area contributed by atoms with E-state index in [1.807, 2.05) is 13.0 Å². The molecule has 3 rings (SSSR count). The van der Waals surface area contributed by atoms with Gasteiger partial charge in [0.2, 0.25) is 5.91 Å². The number of hydrogen-bond acceptors (Lipinski definition) is 3. The Bertz CT molecular complexity index is 951. The first-order valence-electron chi connectivity index (χ1n) is 9.56. The Hall–Kier alpha value is -2.96. The fourth-order valence-corrected chi connectivity index (χ4v) is 3.92. The fraction of sp³-hybridized carbons (Fsp3) is 0.217. The molecule has 3 aromatic rings. The van der Waals surface area contributed by atoms with Crippen LogP contribution >= 0.6 is 11.3 Å². The molecule has 150 valence electrons. The maximum Gasteiger partial charge on any atom is 0.282 e. The highest BCUT2D eigenvalue weighted by molar-refractivity contribution is 7.10. The monoisotopic (exact) mass is 408 g/mol. The Morgan fingerprint density at radius 2 is 1.55 bits per heavy atom. The summed E-state index contributed by atoms with van der Waals surface area (Å²) < 4.78 is 0. The van der Waals surface area contributed by atoms with Crippen LogP contribution in [0, 0.1) is 6.92 Å². The highest BCUT2D eigenvalue weighted by Gasteiger charge is 2.25. The minimum atomic E-state index is -0.279. The number of rotatable bonds is 7. The second-order valence-corrected chi connectivity index (χ2v) is 8.11. The highest BCUT2D eigenvalue weighted by Crippen LogP contribution is 2.23. The van der Waals surface area contributed by atoms with E-state index in [2.05, 4.69) is 58.6 Å². The highest BCUT2D eigenvalue weighted by atomic mass is 32.1. The Morgan fingerprint density at radius 3 is 2.10 bits per heavy atom. The van der Waals surface area contributed by atoms with Gasteiger partial charge in [0.15, 0.2) is 6.04 Å². The lowest BCUT2D eigenvalue weighted by molar-refractivity contribution is -0.703. The first-order valence-corrected chi connectivity index (χ1v) is 10.4. The number of quaternary nitrogens is 1. The number of carbonyl (C=O) groups excluding carboxylic acids is 2. The van der Waals surface area contributed by atoms with Gasteiger partial charge in [-0.3, -0.25) is 9.59 Å². The second-order valence-electron chi connectivity index (χ2n) is 7.13. The first kappa shape index (κ1) is 20.8. The van der Waals surface area contributed by atoms with Gasteiger partial charge >= 0.3 is 0 Å². The van der Waals surface area contributed by atoms with E-state index >= 15 is 0 Å². The van der Waals surface area contributed by atoms with Crippen molar-refractivity contribution in [1.29, 1.82) is 0 Å². The Morgan fingerprint density at radius 1 is 0.931 bits per heavy atom. The molecule has 0 aliphatic heterocycles. The minimum Gasteiger partial charge on any atom is -0.326 e. The van der Waals surface area contributed by atoms with Gasteiger partial charge in [-0.2, -0.15) is 0 Å². The van der Waals surface area contributed by atoms with Crippen molar-refractivity contribution in [3.63, 3.8) is 0 Å². The average molecular weight is 409 g/mol. The van der Waals surface area contributed by atoms with Gasteiger partial charge in [0, 0.05) is 23.9 Å². The molecule has 0 aliphatic carbocycles. The molecule has 1 heterocycles. The topological polar surface area (TPSA) is 74.8 Å². The quantitative estimate of drug-likeness (QED) is 0.558. The molecule has 4 N–H and O–H groups in total. The van der Waals surface area contributed by atoms with Gasteiger partial charge in [0.05, 0.1) is 4.88 Å². The van der Waals surface area contributed by atoms with E-state index in [1.54, 1.807) is 35.6 Å². The summed E-state index contributed by atoms with van der Waals surface area (Å²) in [6.45, 7) is 5.45. The number of aryl methyl sites for hydroxylation is 1. The molecule has 0 spiro atoms. The molecule has 5 nitrogen and oxygen atoms in total. The predicted octanol–water partition coefficient (Wildman–Crippen LogP) is 3.69. The molecular weight excluding hydrogens is 382 g/mol. The van der Waals surface area contributed by atoms with E-state index in [0.717, 1.165) is 0 Å². The molecule has 29 heavy (non-hydrogen) atoms. The summed E-state index contributed by atoms with van der Waals surface area (Å²) in [5.74, 6) is -0.188. The van der Waals surface area contributed by atoms with Crippen molar-refractivity contribution < 1.29 is 14.9 Å². The lowest BCUT2D eigenvalue weighted by Crippen LogP contribution is -2.92. The van der Waals surface area contributed by atoms with Gasteiger partial charge in [-0.15, -0.1) is 11.3 Å². The molecule has 0 unspecified atom stereocenters. The molecule has 6 heteroatoms. The number of anilines is 2. The van der Waals surface area contributed by atoms with Gasteiger partial charge in [-0.05, 0) is 49.6 Å². The standard InChI is InChI=1S/C23H25N3O2S/c1-15-6-8-18(9-7-15)22(21-5-4-14-29-21)24-16(2)23(28)26-20-12-10-19(11-13-20)25-17(3)27/h4-14,16,22,24H,1-3H3,(H,25,27)(H,26,28)/p+1/t16-,22-/m0/s1. The van der Waals surface area contributed by atoms with Crippen LogP contribution in [0.25, 0.3) is 0 Å². The summed E-state index contributed by atoms with van der Waals surface area (Å²) in [5, 5.41) is 9.83. The van der Waals surface area contributed by atoms with Crippen molar-refractivity contribution in [2.24, 2.45) is 0 Å². The summed E-state index contributed by atoms with van der Waals surface area (Å²) in [7, 11) is 0. The number of carbonyl (C=O) groups is 2. The molecule has 0 radical (unpaired) electrons. The molecular formula is C23H26N3O2S+. The molecule has 2 atom stereocenters. The maximum atomic E-state index is 12.8. The van der Waals surface area contributed by atoms with E-state index < -0.39 is 0 Å². The van der Waals surface area contributed by atoms with Crippen LogP contribution < -0.4 is 16.0 Å². The molecule has 2 aromatic carbocycles. The normalized spacial score (nSPS) is 12.8. The number of nitrogens with two attached hydrogens (primary N) is 1. The number of nitrogens with one attached hydrogen (secondary N) is 2. The van der Waals surface area contributed by atoms with Gasteiger partial charge in [0.1, 0.15) is 6.04 Å². The summed E-state index contributed by atoms with van der Waals surface area (Å²) in [6.07, 6.45) is 0. The zero-order valence-electron chi connectivity index (χ0n) is 16.8. The largest absolute Gasteiger partial charge is 0.326 e. The van der Waals surface area contributed by atoms with Crippen molar-refractivity contribution in [1.82, 2.24) is 0 Å². The maximum absolute atomic E-state index is 12.8. The average Bonchev–Trinajstić information content (AvgIpc) is 3.22. The van der Waals surface area contributed by atoms with Crippen LogP contribution in [0.5, 0.6) is 0 Å². The van der Waals surface area contributed by atoms with Crippen LogP contribution in [0.2, 0.25) is 0 Å². The summed E-state index contributed by atoms with van der Waals surface area (Å²) >= 11 is 1.70. The predicted molar refractivity (Wildman–Crippen MR) is 118 cm³/mol. The number of thiophene rings is 1. The van der Waals surface area contributed by atoms with Gasteiger partial charge in [0.25, 0.3) is 5.91 Å². The lowest BCUT2D eigenvalue weighted by atomic mass is 10.0. The van der Waals surface area contributed by atoms with E-state index in [4.69, 9.17) is 0 Å². The fourth-order valence-electron chi connectivity index (χ4n) is 3.08. The van der Waals surface area contributed by atoms with Crippen LogP contribution in [0.15, 0.2) is 66.0 Å². The van der Waals surface area contributed by atoms with Crippen molar-refractivity contribution in [2.75, 3.05) is 10.6 Å². The van der Waals surface area contributed by atoms with Crippen LogP contribution in [0.3, 0.4) is 0 Å². The molecule has 0 saturated heterocycles. The zero-order valence-corrected chi connectivity index (χ0v) is 17.6. The third-order valence-electron chi connectivity index (χ3n) is 4.65. The minimum absolute atomic E-state index is 0.0639. The Kier molecular flexibility index (Phi) is 6.80. The Labute approximate surface area is 175 Å². The lowest BCUT2D eigenvalue weighted by Gasteiger charge is -2.19. The number of hydrogen-bond donors (Lipinski definition) is 3. The van der Waals surface area contributed by atoms with Gasteiger partial charge in [-0.25, -0.2) is 0 Å². The third-order valence-corrected chi connectivity index (χ3v) is 5.61. The summed E-state index contributed by atoms with van der Waals surface area (Å²) in [6, 6.07) is 19.5. The van der Waals surface area contributed by atoms with Gasteiger partial charge < -0.3 is 16.0 Å². The summed E-state index contributed by atoms with van der Waals surface area (Å²) in [5.41, 5.74) is 3.80. The number of amides is 2. The molecule has 0 aliphatic rings. The second kappa shape index (κ2) is 9.49. The van der Waals surface area contributed by atoms with Crippen molar-refractivity contribution >= 4 is 34.5 Å². The molecule has 2 amide bonds. The SMILES string of the molecule is CC(=O)Nc1ccc(NC(=O)[C@H](C)[NH2+][C@@H](c2ccc(C)cc2)c2cccs2)cc1.